The molecule has 732 valence electrons. The summed E-state index contributed by atoms with van der Waals surface area (Å²) in [6, 6.07) is -10.9. The Labute approximate surface area is 765 Å². The van der Waals surface area contributed by atoms with Gasteiger partial charge in [-0.1, -0.05) is 128 Å². The number of hydrogen-bond acceptors (Lipinski definition) is 22. The first-order valence-electron chi connectivity index (χ1n) is 45.3. The van der Waals surface area contributed by atoms with Crippen LogP contribution in [0.5, 0.6) is 0 Å². The molecule has 2 aliphatic rings. The first kappa shape index (κ1) is 117. The molecule has 2 unspecified atom stereocenters. The summed E-state index contributed by atoms with van der Waals surface area (Å²) in [5.74, 6) is -9.53. The molecule has 0 radical (unpaired) electrons. The number of nitrogens with two attached hydrogens (primary N) is 1. The van der Waals surface area contributed by atoms with Gasteiger partial charge in [0.1, 0.15) is 85.0 Å². The van der Waals surface area contributed by atoms with Gasteiger partial charge in [0.05, 0.1) is 19.4 Å². The predicted octanol–water partition coefficient (Wildman–Crippen LogP) is 12.4. The number of allylic oxidation sites excluding steroid dienone is 22. The average Bonchev–Trinajstić information content (AvgIpc) is 0.765. The highest BCUT2D eigenvalue weighted by atomic mass is 31.3. The lowest BCUT2D eigenvalue weighted by Gasteiger charge is -2.49. The zero-order valence-corrected chi connectivity index (χ0v) is 81.4. The van der Waals surface area contributed by atoms with Crippen LogP contribution in [0.3, 0.4) is 0 Å². The Balaban J connectivity index is 2.10. The average molecular weight is 1860 g/mol. The number of aliphatic hydroxyl groups is 4. The van der Waals surface area contributed by atoms with Crippen molar-refractivity contribution in [2.45, 2.75) is 383 Å². The first-order valence-corrected chi connectivity index (χ1v) is 48.5. The molecule has 0 saturated carbocycles. The molecule has 35 heteroatoms. The van der Waals surface area contributed by atoms with Crippen LogP contribution < -0.4 is 43.0 Å². The second-order valence-corrected chi connectivity index (χ2v) is 38.2. The Bertz CT molecular complexity index is 4050. The molecule has 17 N–H and O–H groups in total. The molecule has 2 fully saturated rings. The van der Waals surface area contributed by atoms with E-state index in [-0.39, 0.29) is 13.0 Å². The van der Waals surface area contributed by atoms with Crippen molar-refractivity contribution < 1.29 is 120 Å². The van der Waals surface area contributed by atoms with E-state index < -0.39 is 199 Å². The van der Waals surface area contributed by atoms with E-state index in [1.807, 2.05) is 6.92 Å². The minimum atomic E-state index is -5.84. The van der Waals surface area contributed by atoms with Crippen molar-refractivity contribution in [2.75, 3.05) is 25.9 Å². The number of nitrogens with one attached hydrogen (secondary N) is 7. The Hall–Kier alpha value is -7.69. The van der Waals surface area contributed by atoms with Crippen molar-refractivity contribution in [1.82, 2.24) is 37.2 Å². The summed E-state index contributed by atoms with van der Waals surface area (Å²) < 4.78 is 62.1. The van der Waals surface area contributed by atoms with E-state index in [0.717, 1.165) is 149 Å². The van der Waals surface area contributed by atoms with Crippen LogP contribution in [-0.2, 0) is 80.1 Å². The van der Waals surface area contributed by atoms with Crippen LogP contribution in [0.2, 0.25) is 0 Å². The van der Waals surface area contributed by atoms with E-state index in [2.05, 4.69) is 167 Å². The maximum Gasteiger partial charge on any atom is 0.481 e. The normalized spacial score (nSPS) is 22.5. The fraction of sp³-hybridized carbons (Fsp3) is 0.670. The van der Waals surface area contributed by atoms with Gasteiger partial charge in [-0.2, -0.15) is 0 Å². The Morgan fingerprint density at radius 1 is 0.411 bits per heavy atom. The van der Waals surface area contributed by atoms with E-state index >= 15 is 0 Å². The number of carboxylic acid groups (broad SMARTS) is 2. The number of unbranched alkanes of at least 4 members (excludes halogenated alkanes) is 1. The zero-order chi connectivity index (χ0) is 97.3. The third kappa shape index (κ3) is 50.1. The van der Waals surface area contributed by atoms with Crippen molar-refractivity contribution >= 4 is 68.7 Å². The lowest BCUT2D eigenvalue weighted by Crippen LogP contribution is -2.70. The van der Waals surface area contributed by atoms with E-state index in [1.54, 1.807) is 6.92 Å². The molecule has 2 rings (SSSR count). The molecular formula is C94H156N8O25P2. The van der Waals surface area contributed by atoms with Crippen LogP contribution in [0.1, 0.15) is 285 Å². The van der Waals surface area contributed by atoms with Crippen molar-refractivity contribution in [1.29, 1.82) is 0 Å². The number of ether oxygens (including phenoxy) is 4. The monoisotopic (exact) mass is 1860 g/mol. The zero-order valence-electron chi connectivity index (χ0n) is 79.6. The minimum absolute atomic E-state index is 0.0210. The van der Waals surface area contributed by atoms with Gasteiger partial charge in [-0.25, -0.2) is 13.7 Å². The summed E-state index contributed by atoms with van der Waals surface area (Å²) in [6.07, 6.45) is 26.1. The summed E-state index contributed by atoms with van der Waals surface area (Å²) in [6.45, 7) is 30.7. The molecule has 129 heavy (non-hydrogen) atoms. The van der Waals surface area contributed by atoms with E-state index in [0.29, 0.717) is 31.3 Å². The van der Waals surface area contributed by atoms with Crippen molar-refractivity contribution in [3.63, 3.8) is 0 Å². The molecule has 0 aromatic heterocycles. The maximum atomic E-state index is 14.1. The summed E-state index contributed by atoms with van der Waals surface area (Å²) in [7, 11) is -10.9. The van der Waals surface area contributed by atoms with Crippen LogP contribution in [0.25, 0.3) is 0 Å². The number of phosphoric acid groups is 1. The second kappa shape index (κ2) is 62.7. The number of aliphatic hydroxyl groups excluding tert-OH is 4. The molecule has 7 amide bonds. The third-order valence-electron chi connectivity index (χ3n) is 22.1. The molecule has 2 saturated heterocycles. The minimum Gasteiger partial charge on any atom is -0.480 e. The molecule has 0 bridgehead atoms. The molecular weight excluding hydrogens is 1700 g/mol. The number of hydrogen-bond donors (Lipinski definition) is 16. The second-order valence-electron chi connectivity index (χ2n) is 34.7. The van der Waals surface area contributed by atoms with Crippen molar-refractivity contribution in [2.24, 2.45) is 5.73 Å². The molecule has 33 nitrogen and oxygen atoms in total. The number of carbonyl (C=O) groups excluding carboxylic acids is 7. The summed E-state index contributed by atoms with van der Waals surface area (Å²) >= 11 is 0. The summed E-state index contributed by atoms with van der Waals surface area (Å²) in [5, 5.41) is 78.8. The van der Waals surface area contributed by atoms with Crippen LogP contribution in [-0.4, -0.2) is 217 Å². The maximum absolute atomic E-state index is 14.1. The van der Waals surface area contributed by atoms with Crippen molar-refractivity contribution in [3.05, 3.63) is 128 Å². The highest BCUT2D eigenvalue weighted by molar-refractivity contribution is 7.64. The standard InChI is InChI=1S/C94H156N8O25P2/c1-59(2)31-21-32-60(3)33-22-34-61(4)35-23-36-62(5)37-24-38-63(6)39-25-40-64(7)41-26-42-65(8)43-27-44-66(9)45-28-46-67(10)47-29-48-68(11)49-30-50-69(12)54-56-128(118,119)127-129(120,121)126-94-82(100-75(18)106)86(85(79(58-104)124-94)125-93-81(99-74(17)105)84(109)83(108)78(57-103)123-93)122-73(16)89(112)96-71(14)88(111)102-77(92(116)117)52-53-80(107)101-76(51-19-20-55-95)90(113)97-70(13)87(110)98-72(15)91(114)115/h31,33,35,37,39,41,43,45,47,49,54,70-73,76-79,81-86,93-94,103-104,108-109H,19-30,32,34,36,38,40,42,44,46,48,50-53,55-58,95H2,1-18H3,(H,96,112)(H,97,113)(H,98,110)(H,99,105)(H,100,106)(H,101,107)(H,102,111)(H,114,115)(H,116,117)(H,118,119)(H,120,121)/b60-33+,61-35+,62-37+,63-39-,64-41-,65-43-,66-45-,67-47-,68-49-,69-54-/t70-,71+,72-,73-,76+,77-,78-,79-,81-,82-,83-,84-,85-,86-,93+,94-/m1/s1. The van der Waals surface area contributed by atoms with Gasteiger partial charge < -0.3 is 102 Å². The van der Waals surface area contributed by atoms with E-state index in [4.69, 9.17) is 33.5 Å². The van der Waals surface area contributed by atoms with E-state index in [1.165, 1.54) is 70.1 Å². The lowest BCUT2D eigenvalue weighted by atomic mass is 9.94. The molecule has 2 heterocycles. The quantitative estimate of drug-likeness (QED) is 0.0153. The number of aliphatic carboxylic acids is 2. The highest BCUT2D eigenvalue weighted by Crippen LogP contribution is 2.61. The van der Waals surface area contributed by atoms with Crippen LogP contribution in [0, 0.1) is 0 Å². The summed E-state index contributed by atoms with van der Waals surface area (Å²) in [4.78, 5) is 139. The van der Waals surface area contributed by atoms with Gasteiger partial charge in [-0.3, -0.25) is 47.4 Å². The van der Waals surface area contributed by atoms with Crippen LogP contribution >= 0.6 is 15.4 Å². The molecule has 0 aliphatic carbocycles. The molecule has 0 aromatic rings. The Kier molecular flexibility index (Phi) is 57.0. The van der Waals surface area contributed by atoms with Gasteiger partial charge in [0.15, 0.2) is 12.6 Å². The number of carbonyl (C=O) groups is 9. The van der Waals surface area contributed by atoms with Gasteiger partial charge >= 0.3 is 27.4 Å². The van der Waals surface area contributed by atoms with Crippen LogP contribution in [0.4, 0.5) is 0 Å². The first-order chi connectivity index (χ1) is 60.6. The smallest absolute Gasteiger partial charge is 0.480 e. The molecule has 0 aromatic carbocycles. The topological polar surface area (TPSA) is 515 Å². The lowest BCUT2D eigenvalue weighted by molar-refractivity contribution is -0.331. The van der Waals surface area contributed by atoms with Gasteiger partial charge in [0.2, 0.25) is 41.4 Å². The van der Waals surface area contributed by atoms with Gasteiger partial charge in [-0.05, 0) is 271 Å². The van der Waals surface area contributed by atoms with Crippen molar-refractivity contribution in [3.8, 4) is 0 Å². The van der Waals surface area contributed by atoms with Crippen LogP contribution in [0.15, 0.2) is 128 Å². The molecule has 0 spiro atoms. The number of rotatable bonds is 62. The largest absolute Gasteiger partial charge is 0.481 e. The number of amides is 7. The van der Waals surface area contributed by atoms with Gasteiger partial charge in [0.25, 0.3) is 0 Å². The predicted molar refractivity (Wildman–Crippen MR) is 498 cm³/mol. The fourth-order valence-corrected chi connectivity index (χ4v) is 16.8. The number of carboxylic acids is 2. The highest BCUT2D eigenvalue weighted by Gasteiger charge is 2.55. The van der Waals surface area contributed by atoms with E-state index in [9.17, 15) is 92.7 Å². The number of phosphoric ester groups is 1. The summed E-state index contributed by atoms with van der Waals surface area (Å²) in [5.41, 5.74) is 20.2. The fourth-order valence-electron chi connectivity index (χ4n) is 14.1. The molecule has 18 atom stereocenters. The third-order valence-corrected chi connectivity index (χ3v) is 25.1. The van der Waals surface area contributed by atoms with Gasteiger partial charge in [-0.15, -0.1) is 0 Å². The Morgan fingerprint density at radius 3 is 1.16 bits per heavy atom. The Morgan fingerprint density at radius 2 is 0.783 bits per heavy atom. The van der Waals surface area contributed by atoms with Gasteiger partial charge in [0, 0.05) is 20.3 Å². The SMILES string of the molecule is CC(=O)N[C@H]1[C@H](O[C@H]2[C@H](O[C@H](C)C(=O)N[C@@H](C)C(=O)N[C@H](CCC(=O)N[C@@H](CCCCN)C(=O)N[C@H](C)C(=O)N[C@H](C)C(=O)O)C(=O)O)[C@@H](NC(C)=O)[C@@H](OP(=O)(O)OP(=O)(O)C/C=C(/C)CC/C=C(/C)CC/C=C(/C)CC/C=C(/C)CC/C=C(/C)CC/C=C(/C)CC/C=C(/C)CC/C=C(\C)CC/C=C(\C)CC/C=C(\C)CCC=C(C)C)O[C@@H]2CO)O[C@H](CO)[C@@H](O)[C@@H]1O. The molecule has 2 aliphatic heterocycles.